The molecule has 3 heterocycles. The van der Waals surface area contributed by atoms with Gasteiger partial charge >= 0.3 is 5.69 Å². The maximum absolute atomic E-state index is 12.6. The van der Waals surface area contributed by atoms with Crippen LogP contribution in [0.2, 0.25) is 0 Å². The van der Waals surface area contributed by atoms with Crippen molar-refractivity contribution in [3.05, 3.63) is 75.1 Å². The van der Waals surface area contributed by atoms with E-state index in [9.17, 15) is 22.8 Å². The van der Waals surface area contributed by atoms with Crippen LogP contribution in [-0.2, 0) is 22.9 Å². The summed E-state index contributed by atoms with van der Waals surface area (Å²) in [4.78, 5) is 41.4. The summed E-state index contributed by atoms with van der Waals surface area (Å²) >= 11 is 0. The van der Waals surface area contributed by atoms with Gasteiger partial charge in [0, 0.05) is 43.0 Å². The van der Waals surface area contributed by atoms with Gasteiger partial charge in [0.2, 0.25) is 0 Å². The lowest BCUT2D eigenvalue weighted by atomic mass is 10.1. The molecule has 0 saturated carbocycles. The lowest BCUT2D eigenvalue weighted by Crippen LogP contribution is -2.44. The number of rotatable bonds is 6. The van der Waals surface area contributed by atoms with Crippen LogP contribution in [-0.4, -0.2) is 40.7 Å². The molecule has 34 heavy (non-hydrogen) atoms. The van der Waals surface area contributed by atoms with Crippen molar-refractivity contribution in [1.29, 1.82) is 0 Å². The molecule has 1 amide bonds. The van der Waals surface area contributed by atoms with Gasteiger partial charge in [0.05, 0.1) is 5.75 Å². The van der Waals surface area contributed by atoms with E-state index < -0.39 is 21.1 Å². The SMILES string of the molecule is Cl.Nc1ccc(-c2ccc(C(=O)NCCCn3c(=O)cc4n(c3=O)CCCS4(=O)=O)cc2)cn1. The van der Waals surface area contributed by atoms with Crippen LogP contribution in [0, 0.1) is 0 Å². The monoisotopic (exact) mass is 505 g/mol. The van der Waals surface area contributed by atoms with Crippen LogP contribution in [0.4, 0.5) is 5.82 Å². The molecule has 1 aliphatic heterocycles. The summed E-state index contributed by atoms with van der Waals surface area (Å²) in [5.41, 5.74) is 6.55. The predicted molar refractivity (Wildman–Crippen MR) is 130 cm³/mol. The Labute approximate surface area is 201 Å². The van der Waals surface area contributed by atoms with Crippen molar-refractivity contribution in [3.63, 3.8) is 0 Å². The summed E-state index contributed by atoms with van der Waals surface area (Å²) < 4.78 is 26.4. The van der Waals surface area contributed by atoms with Crippen LogP contribution in [0.1, 0.15) is 23.2 Å². The van der Waals surface area contributed by atoms with E-state index in [2.05, 4.69) is 10.3 Å². The van der Waals surface area contributed by atoms with Crippen LogP contribution in [0.15, 0.2) is 63.3 Å². The molecule has 0 fully saturated rings. The number of halogens is 1. The van der Waals surface area contributed by atoms with E-state index in [1.54, 1.807) is 24.4 Å². The van der Waals surface area contributed by atoms with Crippen molar-refractivity contribution < 1.29 is 13.2 Å². The molecule has 0 atom stereocenters. The van der Waals surface area contributed by atoms with E-state index in [0.717, 1.165) is 26.3 Å². The molecule has 0 bridgehead atoms. The van der Waals surface area contributed by atoms with Gasteiger partial charge in [-0.15, -0.1) is 12.4 Å². The van der Waals surface area contributed by atoms with Crippen molar-refractivity contribution in [3.8, 4) is 11.1 Å². The van der Waals surface area contributed by atoms with Gasteiger partial charge in [0.25, 0.3) is 11.5 Å². The Morgan fingerprint density at radius 2 is 1.79 bits per heavy atom. The standard InChI is InChI=1S/C22H23N5O5S.ClH/c23-18-8-7-17(14-25-18)15-3-5-16(6-4-15)21(29)24-9-1-10-26-19(28)13-20-27(22(26)30)11-2-12-33(20,31)32;/h3-8,13-14H,1-2,9-12H2,(H2,23,25)(H,24,29);1H. The first-order chi connectivity index (χ1) is 15.8. The third-order valence-corrected chi connectivity index (χ3v) is 7.27. The van der Waals surface area contributed by atoms with Crippen molar-refractivity contribution in [2.75, 3.05) is 18.0 Å². The molecule has 0 aliphatic carbocycles. The van der Waals surface area contributed by atoms with E-state index in [0.29, 0.717) is 24.2 Å². The summed E-state index contributed by atoms with van der Waals surface area (Å²) in [5.74, 6) is 0.0810. The molecule has 12 heteroatoms. The van der Waals surface area contributed by atoms with E-state index in [1.807, 2.05) is 18.2 Å². The number of nitrogens with zero attached hydrogens (tertiary/aromatic N) is 3. The molecular weight excluding hydrogens is 482 g/mol. The number of nitrogens with one attached hydrogen (secondary N) is 1. The highest BCUT2D eigenvalue weighted by atomic mass is 35.5. The molecular formula is C22H24ClN5O5S. The third kappa shape index (κ3) is 5.20. The molecule has 2 aromatic heterocycles. The maximum Gasteiger partial charge on any atom is 0.331 e. The second-order valence-corrected chi connectivity index (χ2v) is 9.79. The number of aromatic nitrogens is 3. The fourth-order valence-corrected chi connectivity index (χ4v) is 5.22. The van der Waals surface area contributed by atoms with Crippen LogP contribution < -0.4 is 22.3 Å². The Morgan fingerprint density at radius 3 is 2.47 bits per heavy atom. The molecule has 180 valence electrons. The zero-order valence-electron chi connectivity index (χ0n) is 18.1. The number of nitrogens with two attached hydrogens (primary N) is 1. The van der Waals surface area contributed by atoms with Gasteiger partial charge in [-0.3, -0.25) is 18.7 Å². The van der Waals surface area contributed by atoms with Gasteiger partial charge in [-0.2, -0.15) is 0 Å². The highest BCUT2D eigenvalue weighted by Gasteiger charge is 2.26. The van der Waals surface area contributed by atoms with Gasteiger partial charge < -0.3 is 11.1 Å². The number of amides is 1. The first-order valence-corrected chi connectivity index (χ1v) is 12.1. The summed E-state index contributed by atoms with van der Waals surface area (Å²) in [5, 5.41) is 2.55. The summed E-state index contributed by atoms with van der Waals surface area (Å²) in [7, 11) is -3.61. The average Bonchev–Trinajstić information content (AvgIpc) is 2.79. The molecule has 1 aromatic carbocycles. The van der Waals surface area contributed by atoms with Gasteiger partial charge in [0.1, 0.15) is 10.8 Å². The number of benzene rings is 1. The Bertz CT molecular complexity index is 1410. The largest absolute Gasteiger partial charge is 0.384 e. The Kier molecular flexibility index (Phi) is 7.57. The topological polar surface area (TPSA) is 146 Å². The molecule has 1 aliphatic rings. The number of hydrogen-bond donors (Lipinski definition) is 2. The van der Waals surface area contributed by atoms with Gasteiger partial charge in [0.15, 0.2) is 9.84 Å². The van der Waals surface area contributed by atoms with Crippen LogP contribution >= 0.6 is 12.4 Å². The number of nitrogen functional groups attached to an aromatic ring is 1. The zero-order valence-corrected chi connectivity index (χ0v) is 19.8. The van der Waals surface area contributed by atoms with Gasteiger partial charge in [-0.25, -0.2) is 18.2 Å². The number of sulfone groups is 1. The van der Waals surface area contributed by atoms with E-state index in [1.165, 1.54) is 0 Å². The molecule has 0 spiro atoms. The zero-order chi connectivity index (χ0) is 23.6. The number of carbonyl (C=O) groups excluding carboxylic acids is 1. The summed E-state index contributed by atoms with van der Waals surface area (Å²) in [6.07, 6.45) is 2.32. The maximum atomic E-state index is 12.6. The molecule has 3 N–H and O–H groups in total. The molecule has 0 unspecified atom stereocenters. The number of carbonyl (C=O) groups is 1. The molecule has 0 saturated heterocycles. The van der Waals surface area contributed by atoms with Crippen LogP contribution in [0.25, 0.3) is 11.1 Å². The minimum Gasteiger partial charge on any atom is -0.384 e. The Morgan fingerprint density at radius 1 is 1.09 bits per heavy atom. The highest BCUT2D eigenvalue weighted by Crippen LogP contribution is 2.19. The fourth-order valence-electron chi connectivity index (χ4n) is 3.71. The van der Waals surface area contributed by atoms with E-state index in [4.69, 9.17) is 5.73 Å². The lowest BCUT2D eigenvalue weighted by Gasteiger charge is -2.19. The average molecular weight is 506 g/mol. The predicted octanol–water partition coefficient (Wildman–Crippen LogP) is 1.07. The van der Waals surface area contributed by atoms with E-state index >= 15 is 0 Å². The van der Waals surface area contributed by atoms with Crippen LogP contribution in [0.5, 0.6) is 0 Å². The number of fused-ring (bicyclic) bond motifs is 1. The first kappa shape index (κ1) is 25.2. The van der Waals surface area contributed by atoms with Crippen molar-refractivity contribution in [1.82, 2.24) is 19.4 Å². The quantitative estimate of drug-likeness (QED) is 0.376. The Hall–Kier alpha value is -3.44. The van der Waals surface area contributed by atoms with Crippen molar-refractivity contribution >= 4 is 34.0 Å². The fraction of sp³-hybridized carbons (Fsp3) is 0.273. The number of anilines is 1. The first-order valence-electron chi connectivity index (χ1n) is 10.4. The smallest absolute Gasteiger partial charge is 0.331 e. The highest BCUT2D eigenvalue weighted by molar-refractivity contribution is 7.91. The second-order valence-electron chi connectivity index (χ2n) is 7.74. The van der Waals surface area contributed by atoms with Gasteiger partial charge in [-0.1, -0.05) is 12.1 Å². The molecule has 3 aromatic rings. The Balaban J connectivity index is 0.00000324. The van der Waals surface area contributed by atoms with Gasteiger partial charge in [-0.05, 0) is 42.7 Å². The number of hydrogen-bond acceptors (Lipinski definition) is 7. The normalized spacial score (nSPS) is 14.0. The van der Waals surface area contributed by atoms with Crippen molar-refractivity contribution in [2.45, 2.75) is 31.0 Å². The molecule has 10 nitrogen and oxygen atoms in total. The molecule has 4 rings (SSSR count). The van der Waals surface area contributed by atoms with Crippen molar-refractivity contribution in [2.24, 2.45) is 0 Å². The summed E-state index contributed by atoms with van der Waals surface area (Å²) in [6, 6.07) is 11.6. The minimum atomic E-state index is -3.61. The molecule has 0 radical (unpaired) electrons. The second kappa shape index (κ2) is 10.2. The minimum absolute atomic E-state index is 0. The van der Waals surface area contributed by atoms with Crippen LogP contribution in [0.3, 0.4) is 0 Å². The lowest BCUT2D eigenvalue weighted by molar-refractivity contribution is 0.0952. The summed E-state index contributed by atoms with van der Waals surface area (Å²) in [6.45, 7) is 0.572. The van der Waals surface area contributed by atoms with E-state index in [-0.39, 0.29) is 48.7 Å². The number of pyridine rings is 1. The third-order valence-electron chi connectivity index (χ3n) is 5.47.